The van der Waals surface area contributed by atoms with Gasteiger partial charge in [-0.25, -0.2) is 4.79 Å². The monoisotopic (exact) mass is 230 g/mol. The normalized spacial score (nSPS) is 20.3. The highest BCUT2D eigenvalue weighted by molar-refractivity contribution is 5.72. The van der Waals surface area contributed by atoms with Gasteiger partial charge in [0, 0.05) is 6.54 Å². The Morgan fingerprint density at radius 2 is 2.31 bits per heavy atom. The van der Waals surface area contributed by atoms with Gasteiger partial charge < -0.3 is 19.6 Å². The topological polar surface area (TPSA) is 70.1 Å². The Bertz CT molecular complexity index is 268. The van der Waals surface area contributed by atoms with E-state index in [0.29, 0.717) is 13.1 Å². The summed E-state index contributed by atoms with van der Waals surface area (Å²) in [6.45, 7) is 1.90. The van der Waals surface area contributed by atoms with Gasteiger partial charge in [-0.05, 0) is 27.1 Å². The molecule has 0 spiro atoms. The minimum atomic E-state index is -0.937. The Morgan fingerprint density at radius 1 is 1.62 bits per heavy atom. The highest BCUT2D eigenvalue weighted by atomic mass is 16.6. The van der Waals surface area contributed by atoms with Crippen LogP contribution in [0, 0.1) is 0 Å². The van der Waals surface area contributed by atoms with Gasteiger partial charge in [-0.3, -0.25) is 4.79 Å². The molecule has 1 aliphatic rings. The fourth-order valence-electron chi connectivity index (χ4n) is 1.64. The van der Waals surface area contributed by atoms with E-state index in [2.05, 4.69) is 0 Å². The third kappa shape index (κ3) is 4.06. The summed E-state index contributed by atoms with van der Waals surface area (Å²) >= 11 is 0. The molecule has 0 aromatic carbocycles. The fourth-order valence-corrected chi connectivity index (χ4v) is 1.64. The second-order valence-corrected chi connectivity index (χ2v) is 4.21. The minimum absolute atomic E-state index is 0.115. The minimum Gasteiger partial charge on any atom is -0.481 e. The molecule has 6 heteroatoms. The standard InChI is InChI=1S/C10H18N2O4/c1-11(2)4-3-5-12-7-8(6-9(13)14)16-10(12)15/h8H,3-7H2,1-2H3,(H,13,14). The van der Waals surface area contributed by atoms with Crippen molar-refractivity contribution in [1.82, 2.24) is 9.80 Å². The van der Waals surface area contributed by atoms with E-state index in [-0.39, 0.29) is 6.42 Å². The molecule has 6 nitrogen and oxygen atoms in total. The van der Waals surface area contributed by atoms with Crippen LogP contribution in [0.4, 0.5) is 4.79 Å². The highest BCUT2D eigenvalue weighted by Crippen LogP contribution is 2.14. The summed E-state index contributed by atoms with van der Waals surface area (Å²) in [5, 5.41) is 8.58. The van der Waals surface area contributed by atoms with Crippen LogP contribution in [0.15, 0.2) is 0 Å². The first-order chi connectivity index (χ1) is 7.49. The average molecular weight is 230 g/mol. The van der Waals surface area contributed by atoms with E-state index in [1.54, 1.807) is 4.90 Å². The van der Waals surface area contributed by atoms with Crippen molar-refractivity contribution in [2.24, 2.45) is 0 Å². The molecule has 1 heterocycles. The van der Waals surface area contributed by atoms with E-state index in [1.165, 1.54) is 0 Å². The molecule has 0 aromatic heterocycles. The van der Waals surface area contributed by atoms with E-state index >= 15 is 0 Å². The lowest BCUT2D eigenvalue weighted by atomic mass is 10.2. The van der Waals surface area contributed by atoms with Crippen LogP contribution < -0.4 is 0 Å². The van der Waals surface area contributed by atoms with Gasteiger partial charge in [0.2, 0.25) is 0 Å². The number of carbonyl (C=O) groups is 2. The molecule has 1 aliphatic heterocycles. The molecule has 1 saturated heterocycles. The molecule has 92 valence electrons. The third-order valence-electron chi connectivity index (χ3n) is 2.39. The van der Waals surface area contributed by atoms with Crippen LogP contribution >= 0.6 is 0 Å². The van der Waals surface area contributed by atoms with Crippen LogP contribution in [0.1, 0.15) is 12.8 Å². The maximum Gasteiger partial charge on any atom is 0.410 e. The Labute approximate surface area is 94.8 Å². The number of rotatable bonds is 6. The van der Waals surface area contributed by atoms with Crippen LogP contribution in [0.3, 0.4) is 0 Å². The number of hydrogen-bond acceptors (Lipinski definition) is 4. The van der Waals surface area contributed by atoms with Gasteiger partial charge in [-0.2, -0.15) is 0 Å². The van der Waals surface area contributed by atoms with Crippen molar-refractivity contribution < 1.29 is 19.4 Å². The summed E-state index contributed by atoms with van der Waals surface area (Å²) < 4.78 is 4.93. The predicted molar refractivity (Wildman–Crippen MR) is 57.3 cm³/mol. The van der Waals surface area contributed by atoms with E-state index in [0.717, 1.165) is 13.0 Å². The number of ether oxygens (including phenoxy) is 1. The summed E-state index contributed by atoms with van der Waals surface area (Å²) in [5.41, 5.74) is 0. The molecule has 1 amide bonds. The van der Waals surface area contributed by atoms with E-state index in [1.807, 2.05) is 19.0 Å². The lowest BCUT2D eigenvalue weighted by Crippen LogP contribution is -2.29. The van der Waals surface area contributed by atoms with Crippen molar-refractivity contribution in [2.45, 2.75) is 18.9 Å². The number of amides is 1. The second kappa shape index (κ2) is 5.69. The van der Waals surface area contributed by atoms with Crippen molar-refractivity contribution in [1.29, 1.82) is 0 Å². The second-order valence-electron chi connectivity index (χ2n) is 4.21. The van der Waals surface area contributed by atoms with E-state index in [9.17, 15) is 9.59 Å². The smallest absolute Gasteiger partial charge is 0.410 e. The van der Waals surface area contributed by atoms with Gasteiger partial charge in [-0.1, -0.05) is 0 Å². The van der Waals surface area contributed by atoms with Crippen LogP contribution in [-0.2, 0) is 9.53 Å². The number of hydrogen-bond donors (Lipinski definition) is 1. The van der Waals surface area contributed by atoms with Crippen molar-refractivity contribution in [2.75, 3.05) is 33.7 Å². The molecular formula is C10H18N2O4. The zero-order valence-electron chi connectivity index (χ0n) is 9.68. The summed E-state index contributed by atoms with van der Waals surface area (Å²) in [6.07, 6.45) is -0.146. The highest BCUT2D eigenvalue weighted by Gasteiger charge is 2.31. The lowest BCUT2D eigenvalue weighted by molar-refractivity contribution is -0.138. The van der Waals surface area contributed by atoms with Gasteiger partial charge in [0.15, 0.2) is 0 Å². The van der Waals surface area contributed by atoms with Crippen LogP contribution in [0.2, 0.25) is 0 Å². The first kappa shape index (κ1) is 12.8. The molecule has 0 aromatic rings. The molecule has 0 radical (unpaired) electrons. The molecule has 16 heavy (non-hydrogen) atoms. The average Bonchev–Trinajstić information content (AvgIpc) is 2.45. The molecule has 0 saturated carbocycles. The molecule has 1 unspecified atom stereocenters. The van der Waals surface area contributed by atoms with Crippen molar-refractivity contribution in [3.05, 3.63) is 0 Å². The van der Waals surface area contributed by atoms with Crippen molar-refractivity contribution >= 4 is 12.1 Å². The summed E-state index contributed by atoms with van der Waals surface area (Å²) in [6, 6.07) is 0. The zero-order chi connectivity index (χ0) is 12.1. The molecule has 1 rings (SSSR count). The number of aliphatic carboxylic acids is 1. The Morgan fingerprint density at radius 3 is 2.88 bits per heavy atom. The number of carboxylic acids is 1. The van der Waals surface area contributed by atoms with Crippen LogP contribution in [0.25, 0.3) is 0 Å². The maximum absolute atomic E-state index is 11.3. The van der Waals surface area contributed by atoms with Gasteiger partial charge in [-0.15, -0.1) is 0 Å². The molecule has 0 bridgehead atoms. The Kier molecular flexibility index (Phi) is 4.54. The lowest BCUT2D eigenvalue weighted by Gasteiger charge is -2.14. The van der Waals surface area contributed by atoms with Gasteiger partial charge >= 0.3 is 12.1 Å². The van der Waals surface area contributed by atoms with Crippen molar-refractivity contribution in [3.63, 3.8) is 0 Å². The molecule has 0 aliphatic carbocycles. The van der Waals surface area contributed by atoms with Gasteiger partial charge in [0.25, 0.3) is 0 Å². The number of carboxylic acid groups (broad SMARTS) is 1. The summed E-state index contributed by atoms with van der Waals surface area (Å²) in [7, 11) is 3.94. The van der Waals surface area contributed by atoms with Gasteiger partial charge in [0.1, 0.15) is 6.10 Å². The van der Waals surface area contributed by atoms with E-state index in [4.69, 9.17) is 9.84 Å². The summed E-state index contributed by atoms with van der Waals surface area (Å²) in [4.78, 5) is 25.4. The molecule has 1 N–H and O–H groups in total. The van der Waals surface area contributed by atoms with Gasteiger partial charge in [0.05, 0.1) is 13.0 Å². The Hall–Kier alpha value is -1.30. The molecule has 1 atom stereocenters. The number of carbonyl (C=O) groups excluding carboxylic acids is 1. The first-order valence-corrected chi connectivity index (χ1v) is 5.31. The molecular weight excluding hydrogens is 212 g/mol. The maximum atomic E-state index is 11.3. The molecule has 1 fully saturated rings. The SMILES string of the molecule is CN(C)CCCN1CC(CC(=O)O)OC1=O. The third-order valence-corrected chi connectivity index (χ3v) is 2.39. The van der Waals surface area contributed by atoms with Crippen molar-refractivity contribution in [3.8, 4) is 0 Å². The fraction of sp³-hybridized carbons (Fsp3) is 0.800. The number of cyclic esters (lactones) is 1. The first-order valence-electron chi connectivity index (χ1n) is 5.31. The van der Waals surface area contributed by atoms with E-state index < -0.39 is 18.2 Å². The predicted octanol–water partition coefficient (Wildman–Crippen LogP) is 0.234. The van der Waals surface area contributed by atoms with Crippen LogP contribution in [-0.4, -0.2) is 66.8 Å². The largest absolute Gasteiger partial charge is 0.481 e. The van der Waals surface area contributed by atoms with Crippen LogP contribution in [0.5, 0.6) is 0 Å². The zero-order valence-corrected chi connectivity index (χ0v) is 9.68. The summed E-state index contributed by atoms with van der Waals surface area (Å²) in [5.74, 6) is -0.937. The number of nitrogens with zero attached hydrogens (tertiary/aromatic N) is 2. The Balaban J connectivity index is 2.28. The quantitative estimate of drug-likeness (QED) is 0.707.